The van der Waals surface area contributed by atoms with Crippen LogP contribution >= 0.6 is 0 Å². The summed E-state index contributed by atoms with van der Waals surface area (Å²) in [6.07, 6.45) is 1.14. The average molecular weight is 394 g/mol. The van der Waals surface area contributed by atoms with Crippen molar-refractivity contribution in [1.29, 1.82) is 0 Å². The van der Waals surface area contributed by atoms with E-state index in [0.717, 1.165) is 6.26 Å². The predicted molar refractivity (Wildman–Crippen MR) is 103 cm³/mol. The molecule has 0 radical (unpaired) electrons. The van der Waals surface area contributed by atoms with Gasteiger partial charge < -0.3 is 19.5 Å². The summed E-state index contributed by atoms with van der Waals surface area (Å²) in [6, 6.07) is 9.85. The number of carbonyl (C=O) groups excluding carboxylic acids is 1. The molecule has 0 bridgehead atoms. The largest absolute Gasteiger partial charge is 0.497 e. The number of anilines is 2. The molecule has 0 unspecified atom stereocenters. The van der Waals surface area contributed by atoms with Gasteiger partial charge >= 0.3 is 0 Å². The van der Waals surface area contributed by atoms with Crippen LogP contribution in [0.1, 0.15) is 5.56 Å². The predicted octanol–water partition coefficient (Wildman–Crippen LogP) is 2.27. The second-order valence-electron chi connectivity index (χ2n) is 5.69. The van der Waals surface area contributed by atoms with Gasteiger partial charge in [0, 0.05) is 23.4 Å². The van der Waals surface area contributed by atoms with Crippen LogP contribution in [-0.2, 0) is 21.2 Å². The maximum Gasteiger partial charge on any atom is 0.229 e. The van der Waals surface area contributed by atoms with Gasteiger partial charge in [-0.2, -0.15) is 0 Å². The van der Waals surface area contributed by atoms with Crippen molar-refractivity contribution in [3.8, 4) is 17.2 Å². The number of amides is 1. The van der Waals surface area contributed by atoms with Crippen LogP contribution in [0.3, 0.4) is 0 Å². The van der Waals surface area contributed by atoms with Crippen molar-refractivity contribution >= 4 is 27.3 Å². The van der Waals surface area contributed by atoms with E-state index >= 15 is 0 Å². The van der Waals surface area contributed by atoms with Crippen LogP contribution in [0.5, 0.6) is 17.2 Å². The Kier molecular flexibility index (Phi) is 6.51. The van der Waals surface area contributed by atoms with Gasteiger partial charge in [0.05, 0.1) is 39.7 Å². The molecule has 2 aromatic carbocycles. The van der Waals surface area contributed by atoms with Crippen molar-refractivity contribution in [3.05, 3.63) is 42.0 Å². The highest BCUT2D eigenvalue weighted by Gasteiger charge is 2.13. The van der Waals surface area contributed by atoms with Gasteiger partial charge in [0.1, 0.15) is 17.2 Å². The molecule has 0 aliphatic heterocycles. The van der Waals surface area contributed by atoms with E-state index in [0.29, 0.717) is 28.5 Å². The maximum absolute atomic E-state index is 12.4. The fraction of sp³-hybridized carbons (Fsp3) is 0.278. The van der Waals surface area contributed by atoms with Crippen molar-refractivity contribution in [3.63, 3.8) is 0 Å². The van der Waals surface area contributed by atoms with Crippen LogP contribution in [0.15, 0.2) is 36.4 Å². The highest BCUT2D eigenvalue weighted by molar-refractivity contribution is 7.92. The molecule has 0 aliphatic carbocycles. The molecular formula is C18H22N2O6S. The molecule has 146 valence electrons. The summed E-state index contributed by atoms with van der Waals surface area (Å²) in [4.78, 5) is 12.4. The van der Waals surface area contributed by atoms with E-state index in [-0.39, 0.29) is 18.0 Å². The van der Waals surface area contributed by atoms with Crippen LogP contribution in [0.25, 0.3) is 0 Å². The summed E-state index contributed by atoms with van der Waals surface area (Å²) in [5, 5.41) is 2.75. The fourth-order valence-corrected chi connectivity index (χ4v) is 3.00. The number of hydrogen-bond acceptors (Lipinski definition) is 6. The second kappa shape index (κ2) is 8.63. The van der Waals surface area contributed by atoms with Gasteiger partial charge in [-0.1, -0.05) is 6.07 Å². The standard InChI is InChI=1S/C18H22N2O6S/c1-24-14-7-5-12(16(11-14)25-2)9-18(21)19-13-6-8-15(17(10-13)26-3)20-27(4,22)23/h5-8,10-11,20H,9H2,1-4H3,(H,19,21). The van der Waals surface area contributed by atoms with Gasteiger partial charge in [0.15, 0.2) is 0 Å². The molecule has 8 nitrogen and oxygen atoms in total. The molecular weight excluding hydrogens is 372 g/mol. The first kappa shape index (κ1) is 20.4. The quantitative estimate of drug-likeness (QED) is 0.712. The highest BCUT2D eigenvalue weighted by Crippen LogP contribution is 2.29. The minimum absolute atomic E-state index is 0.0961. The Balaban J connectivity index is 2.14. The number of sulfonamides is 1. The van der Waals surface area contributed by atoms with Crippen LogP contribution in [0.2, 0.25) is 0 Å². The summed E-state index contributed by atoms with van der Waals surface area (Å²) in [5.41, 5.74) is 1.47. The number of carbonyl (C=O) groups is 1. The van der Waals surface area contributed by atoms with Crippen molar-refractivity contribution in [2.75, 3.05) is 37.6 Å². The van der Waals surface area contributed by atoms with Crippen molar-refractivity contribution in [2.24, 2.45) is 0 Å². The van der Waals surface area contributed by atoms with Crippen molar-refractivity contribution < 1.29 is 27.4 Å². The molecule has 2 N–H and O–H groups in total. The smallest absolute Gasteiger partial charge is 0.229 e. The zero-order chi connectivity index (χ0) is 20.0. The second-order valence-corrected chi connectivity index (χ2v) is 7.44. The molecule has 0 saturated carbocycles. The maximum atomic E-state index is 12.4. The summed E-state index contributed by atoms with van der Waals surface area (Å²) < 4.78 is 40.7. The lowest BCUT2D eigenvalue weighted by atomic mass is 10.1. The van der Waals surface area contributed by atoms with Crippen molar-refractivity contribution in [1.82, 2.24) is 0 Å². The Morgan fingerprint density at radius 1 is 0.963 bits per heavy atom. The zero-order valence-corrected chi connectivity index (χ0v) is 16.3. The van der Waals surface area contributed by atoms with Crippen LogP contribution in [-0.4, -0.2) is 41.9 Å². The molecule has 2 rings (SSSR count). The number of hydrogen-bond donors (Lipinski definition) is 2. The van der Waals surface area contributed by atoms with E-state index in [2.05, 4.69) is 10.0 Å². The Bertz CT molecular complexity index is 927. The number of methoxy groups -OCH3 is 3. The van der Waals surface area contributed by atoms with E-state index in [4.69, 9.17) is 14.2 Å². The van der Waals surface area contributed by atoms with Crippen LogP contribution < -0.4 is 24.2 Å². The minimum Gasteiger partial charge on any atom is -0.497 e. The Morgan fingerprint density at radius 2 is 1.67 bits per heavy atom. The molecule has 0 heterocycles. The van der Waals surface area contributed by atoms with E-state index in [1.807, 2.05) is 0 Å². The molecule has 0 spiro atoms. The Hall–Kier alpha value is -2.94. The molecule has 27 heavy (non-hydrogen) atoms. The average Bonchev–Trinajstić information content (AvgIpc) is 2.62. The molecule has 9 heteroatoms. The third-order valence-electron chi connectivity index (χ3n) is 3.63. The lowest BCUT2D eigenvalue weighted by molar-refractivity contribution is -0.115. The molecule has 0 aromatic heterocycles. The molecule has 2 aromatic rings. The molecule has 0 aliphatic rings. The summed E-state index contributed by atoms with van der Waals surface area (Å²) >= 11 is 0. The summed E-state index contributed by atoms with van der Waals surface area (Å²) in [7, 11) is 1.05. The molecule has 0 fully saturated rings. The summed E-state index contributed by atoms with van der Waals surface area (Å²) in [5.74, 6) is 1.22. The van der Waals surface area contributed by atoms with Gasteiger partial charge in [-0.3, -0.25) is 9.52 Å². The number of nitrogens with one attached hydrogen (secondary N) is 2. The van der Waals surface area contributed by atoms with Gasteiger partial charge in [-0.05, 0) is 18.2 Å². The number of ether oxygens (including phenoxy) is 3. The minimum atomic E-state index is -3.44. The zero-order valence-electron chi connectivity index (χ0n) is 15.5. The van der Waals surface area contributed by atoms with Crippen molar-refractivity contribution in [2.45, 2.75) is 6.42 Å². The normalized spacial score (nSPS) is 10.8. The van der Waals surface area contributed by atoms with Crippen LogP contribution in [0.4, 0.5) is 11.4 Å². The third kappa shape index (κ3) is 5.78. The number of rotatable bonds is 8. The first-order valence-electron chi connectivity index (χ1n) is 7.92. The van der Waals surface area contributed by atoms with E-state index < -0.39 is 10.0 Å². The van der Waals surface area contributed by atoms with Crippen LogP contribution in [0, 0.1) is 0 Å². The first-order chi connectivity index (χ1) is 12.8. The lowest BCUT2D eigenvalue weighted by Gasteiger charge is -2.13. The van der Waals surface area contributed by atoms with Gasteiger partial charge in [0.2, 0.25) is 15.9 Å². The third-order valence-corrected chi connectivity index (χ3v) is 4.22. The Labute approximate surface area is 158 Å². The SMILES string of the molecule is COc1ccc(CC(=O)Nc2ccc(NS(C)(=O)=O)c(OC)c2)c(OC)c1. The highest BCUT2D eigenvalue weighted by atomic mass is 32.2. The van der Waals surface area contributed by atoms with E-state index in [1.165, 1.54) is 26.4 Å². The first-order valence-corrected chi connectivity index (χ1v) is 9.81. The molecule has 0 saturated heterocycles. The summed E-state index contributed by atoms with van der Waals surface area (Å²) in [6.45, 7) is 0. The van der Waals surface area contributed by atoms with Gasteiger partial charge in [-0.15, -0.1) is 0 Å². The molecule has 1 amide bonds. The van der Waals surface area contributed by atoms with Gasteiger partial charge in [-0.25, -0.2) is 8.42 Å². The van der Waals surface area contributed by atoms with E-state index in [9.17, 15) is 13.2 Å². The lowest BCUT2D eigenvalue weighted by Crippen LogP contribution is -2.15. The van der Waals surface area contributed by atoms with Gasteiger partial charge in [0.25, 0.3) is 0 Å². The fourth-order valence-electron chi connectivity index (χ4n) is 2.43. The Morgan fingerprint density at radius 3 is 2.26 bits per heavy atom. The topological polar surface area (TPSA) is 103 Å². The molecule has 0 atom stereocenters. The monoisotopic (exact) mass is 394 g/mol. The van der Waals surface area contributed by atoms with E-state index in [1.54, 1.807) is 31.4 Å². The number of benzene rings is 2.